The quantitative estimate of drug-likeness (QED) is 0.881. The van der Waals surface area contributed by atoms with E-state index in [-0.39, 0.29) is 5.69 Å². The molecule has 0 fully saturated rings. The molecule has 4 nitrogen and oxygen atoms in total. The third-order valence-electron chi connectivity index (χ3n) is 2.66. The molecule has 1 aromatic heterocycles. The van der Waals surface area contributed by atoms with Crippen LogP contribution in [0.2, 0.25) is 0 Å². The fourth-order valence-electron chi connectivity index (χ4n) is 1.64. The number of carboxylic acids is 1. The highest BCUT2D eigenvalue weighted by Crippen LogP contribution is 2.15. The van der Waals surface area contributed by atoms with E-state index in [1.807, 2.05) is 18.2 Å². The van der Waals surface area contributed by atoms with Gasteiger partial charge in [-0.05, 0) is 24.1 Å². The third-order valence-corrected chi connectivity index (χ3v) is 3.57. The molecule has 0 saturated heterocycles. The van der Waals surface area contributed by atoms with Crippen molar-refractivity contribution in [1.82, 2.24) is 4.98 Å². The Balaban J connectivity index is 1.86. The van der Waals surface area contributed by atoms with Gasteiger partial charge in [-0.25, -0.2) is 9.78 Å². The van der Waals surface area contributed by atoms with Gasteiger partial charge in [0, 0.05) is 11.8 Å². The molecule has 2 aromatic rings. The summed E-state index contributed by atoms with van der Waals surface area (Å²) in [4.78, 5) is 14.7. The Morgan fingerprint density at radius 3 is 3.00 bits per heavy atom. The van der Waals surface area contributed by atoms with Crippen LogP contribution in [0.4, 0.5) is 0 Å². The fraction of sp³-hybridized carbons (Fsp3) is 0.286. The molecular formula is C14H15NO3S. The van der Waals surface area contributed by atoms with Gasteiger partial charge in [-0.15, -0.1) is 11.3 Å². The van der Waals surface area contributed by atoms with E-state index in [4.69, 9.17) is 9.84 Å². The molecule has 0 aliphatic rings. The number of nitrogens with zero attached hydrogens (tertiary/aromatic N) is 1. The molecule has 1 heterocycles. The maximum atomic E-state index is 10.7. The van der Waals surface area contributed by atoms with Crippen molar-refractivity contribution in [2.75, 3.05) is 6.61 Å². The molecule has 2 rings (SSSR count). The first-order valence-electron chi connectivity index (χ1n) is 6.08. The Morgan fingerprint density at radius 2 is 2.32 bits per heavy atom. The molecule has 0 aliphatic carbocycles. The van der Waals surface area contributed by atoms with Gasteiger partial charge in [0.05, 0.1) is 11.6 Å². The van der Waals surface area contributed by atoms with Crippen molar-refractivity contribution >= 4 is 17.3 Å². The van der Waals surface area contributed by atoms with Crippen LogP contribution in [0.15, 0.2) is 29.6 Å². The third kappa shape index (κ3) is 3.79. The average molecular weight is 277 g/mol. The molecule has 1 aromatic carbocycles. The zero-order valence-corrected chi connectivity index (χ0v) is 11.4. The van der Waals surface area contributed by atoms with Gasteiger partial charge in [-0.1, -0.05) is 19.1 Å². The maximum absolute atomic E-state index is 10.7. The summed E-state index contributed by atoms with van der Waals surface area (Å²) in [5.41, 5.74) is 1.34. The van der Waals surface area contributed by atoms with Crippen LogP contribution in [0, 0.1) is 0 Å². The molecule has 0 saturated carbocycles. The summed E-state index contributed by atoms with van der Waals surface area (Å²) >= 11 is 1.35. The van der Waals surface area contributed by atoms with Gasteiger partial charge in [0.2, 0.25) is 0 Å². The number of aromatic nitrogens is 1. The van der Waals surface area contributed by atoms with Crippen LogP contribution in [-0.2, 0) is 12.8 Å². The predicted octanol–water partition coefficient (Wildman–Crippen LogP) is 3.03. The van der Waals surface area contributed by atoms with Gasteiger partial charge in [0.25, 0.3) is 0 Å². The number of carboxylic acid groups (broad SMARTS) is 1. The summed E-state index contributed by atoms with van der Waals surface area (Å²) in [5, 5.41) is 11.1. The molecule has 0 atom stereocenters. The van der Waals surface area contributed by atoms with E-state index in [1.165, 1.54) is 16.9 Å². The highest BCUT2D eigenvalue weighted by Gasteiger charge is 2.08. The molecule has 0 bridgehead atoms. The van der Waals surface area contributed by atoms with Gasteiger partial charge < -0.3 is 9.84 Å². The number of thiazole rings is 1. The number of hydrogen-bond donors (Lipinski definition) is 1. The van der Waals surface area contributed by atoms with E-state index < -0.39 is 5.97 Å². The molecule has 0 spiro atoms. The van der Waals surface area contributed by atoms with E-state index in [0.29, 0.717) is 13.0 Å². The first kappa shape index (κ1) is 13.5. The Kier molecular flexibility index (Phi) is 4.52. The highest BCUT2D eigenvalue weighted by molar-refractivity contribution is 7.09. The van der Waals surface area contributed by atoms with E-state index in [0.717, 1.165) is 17.2 Å². The number of ether oxygens (including phenoxy) is 1. The smallest absolute Gasteiger partial charge is 0.355 e. The van der Waals surface area contributed by atoms with Crippen molar-refractivity contribution in [3.8, 4) is 5.75 Å². The SMILES string of the molecule is CCc1cccc(OCCc2nc(C(=O)O)cs2)c1. The first-order valence-corrected chi connectivity index (χ1v) is 6.96. The van der Waals surface area contributed by atoms with Gasteiger partial charge >= 0.3 is 5.97 Å². The van der Waals surface area contributed by atoms with Crippen molar-refractivity contribution in [3.05, 3.63) is 45.9 Å². The number of hydrogen-bond acceptors (Lipinski definition) is 4. The second-order valence-electron chi connectivity index (χ2n) is 4.03. The van der Waals surface area contributed by atoms with Gasteiger partial charge in [-0.3, -0.25) is 0 Å². The van der Waals surface area contributed by atoms with Crippen molar-refractivity contribution < 1.29 is 14.6 Å². The molecule has 0 unspecified atom stereocenters. The highest BCUT2D eigenvalue weighted by atomic mass is 32.1. The Morgan fingerprint density at radius 1 is 1.47 bits per heavy atom. The summed E-state index contributed by atoms with van der Waals surface area (Å²) in [6.07, 6.45) is 1.60. The van der Waals surface area contributed by atoms with E-state index in [1.54, 1.807) is 5.38 Å². The van der Waals surface area contributed by atoms with Gasteiger partial charge in [0.15, 0.2) is 5.69 Å². The minimum absolute atomic E-state index is 0.105. The second kappa shape index (κ2) is 6.33. The maximum Gasteiger partial charge on any atom is 0.355 e. The lowest BCUT2D eigenvalue weighted by Gasteiger charge is -2.06. The summed E-state index contributed by atoms with van der Waals surface area (Å²) in [6.45, 7) is 2.60. The largest absolute Gasteiger partial charge is 0.493 e. The number of benzene rings is 1. The van der Waals surface area contributed by atoms with Crippen LogP contribution < -0.4 is 4.74 Å². The number of carbonyl (C=O) groups is 1. The number of aromatic carboxylic acids is 1. The molecular weight excluding hydrogens is 262 g/mol. The van der Waals surface area contributed by atoms with E-state index >= 15 is 0 Å². The topological polar surface area (TPSA) is 59.4 Å². The zero-order valence-electron chi connectivity index (χ0n) is 10.6. The van der Waals surface area contributed by atoms with E-state index in [2.05, 4.69) is 18.0 Å². The van der Waals surface area contributed by atoms with Crippen molar-refractivity contribution in [3.63, 3.8) is 0 Å². The zero-order chi connectivity index (χ0) is 13.7. The minimum Gasteiger partial charge on any atom is -0.493 e. The lowest BCUT2D eigenvalue weighted by molar-refractivity contribution is 0.0691. The lowest BCUT2D eigenvalue weighted by Crippen LogP contribution is -2.02. The normalized spacial score (nSPS) is 10.4. The van der Waals surface area contributed by atoms with Gasteiger partial charge in [0.1, 0.15) is 5.75 Å². The fourth-order valence-corrected chi connectivity index (χ4v) is 2.39. The number of rotatable bonds is 6. The molecule has 0 radical (unpaired) electrons. The Hall–Kier alpha value is -1.88. The second-order valence-corrected chi connectivity index (χ2v) is 4.97. The average Bonchev–Trinajstić information content (AvgIpc) is 2.88. The lowest BCUT2D eigenvalue weighted by atomic mass is 10.2. The minimum atomic E-state index is -0.987. The molecule has 1 N–H and O–H groups in total. The predicted molar refractivity (Wildman–Crippen MR) is 74.1 cm³/mol. The Labute approximate surface area is 115 Å². The van der Waals surface area contributed by atoms with Crippen molar-refractivity contribution in [1.29, 1.82) is 0 Å². The van der Waals surface area contributed by atoms with Crippen LogP contribution in [0.25, 0.3) is 0 Å². The molecule has 0 amide bonds. The van der Waals surface area contributed by atoms with Gasteiger partial charge in [-0.2, -0.15) is 0 Å². The summed E-state index contributed by atoms with van der Waals surface area (Å²) in [6, 6.07) is 7.97. The summed E-state index contributed by atoms with van der Waals surface area (Å²) < 4.78 is 5.64. The molecule has 5 heteroatoms. The molecule has 100 valence electrons. The number of aryl methyl sites for hydroxylation is 1. The molecule has 0 aliphatic heterocycles. The monoisotopic (exact) mass is 277 g/mol. The summed E-state index contributed by atoms with van der Waals surface area (Å²) in [5.74, 6) is -0.145. The summed E-state index contributed by atoms with van der Waals surface area (Å²) in [7, 11) is 0. The first-order chi connectivity index (χ1) is 9.19. The van der Waals surface area contributed by atoms with Crippen LogP contribution in [0.1, 0.15) is 28.0 Å². The van der Waals surface area contributed by atoms with Crippen molar-refractivity contribution in [2.24, 2.45) is 0 Å². The molecule has 19 heavy (non-hydrogen) atoms. The van der Waals surface area contributed by atoms with Crippen LogP contribution >= 0.6 is 11.3 Å². The van der Waals surface area contributed by atoms with Crippen LogP contribution in [0.3, 0.4) is 0 Å². The Bertz CT molecular complexity index is 565. The van der Waals surface area contributed by atoms with Crippen molar-refractivity contribution in [2.45, 2.75) is 19.8 Å². The van der Waals surface area contributed by atoms with Crippen LogP contribution in [0.5, 0.6) is 5.75 Å². The van der Waals surface area contributed by atoms with Crippen LogP contribution in [-0.4, -0.2) is 22.7 Å². The standard InChI is InChI=1S/C14H15NO3S/c1-2-10-4-3-5-11(8-10)18-7-6-13-15-12(9-19-13)14(16)17/h3-5,8-9H,2,6-7H2,1H3,(H,16,17). The van der Waals surface area contributed by atoms with E-state index in [9.17, 15) is 4.79 Å².